The Kier molecular flexibility index (Phi) is 3.94. The molecular weight excluding hydrogens is 364 g/mol. The first-order valence-electron chi connectivity index (χ1n) is 8.57. The molecule has 0 atom stereocenters. The van der Waals surface area contributed by atoms with Crippen LogP contribution < -0.4 is 5.56 Å². The minimum absolute atomic E-state index is 0.104. The van der Waals surface area contributed by atoms with E-state index in [2.05, 4.69) is 28.2 Å². The molecule has 4 nitrogen and oxygen atoms in total. The molecule has 1 N–H and O–H groups in total. The van der Waals surface area contributed by atoms with Crippen LogP contribution in [0.5, 0.6) is 0 Å². The van der Waals surface area contributed by atoms with Crippen LogP contribution in [0.3, 0.4) is 0 Å². The van der Waals surface area contributed by atoms with E-state index < -0.39 is 0 Å². The lowest BCUT2D eigenvalue weighted by Crippen LogP contribution is -2.10. The number of aromatic amines is 1. The smallest absolute Gasteiger partial charge is 0.260 e. The molecule has 3 aromatic heterocycles. The zero-order chi connectivity index (χ0) is 17.5. The quantitative estimate of drug-likeness (QED) is 0.505. The number of hydrogen-bond donors (Lipinski definition) is 1. The Labute approximate surface area is 158 Å². The van der Waals surface area contributed by atoms with Gasteiger partial charge in [0.05, 0.1) is 17.4 Å². The van der Waals surface area contributed by atoms with E-state index in [0.29, 0.717) is 22.7 Å². The number of benzene rings is 1. The third kappa shape index (κ3) is 2.79. The maximum Gasteiger partial charge on any atom is 0.260 e. The molecule has 0 radical (unpaired) electrons. The van der Waals surface area contributed by atoms with E-state index in [1.54, 1.807) is 18.0 Å². The van der Waals surface area contributed by atoms with Crippen LogP contribution in [0.4, 0.5) is 0 Å². The van der Waals surface area contributed by atoms with Crippen LogP contribution in [0, 0.1) is 0 Å². The molecule has 0 bridgehead atoms. The van der Waals surface area contributed by atoms with Gasteiger partial charge < -0.3 is 9.40 Å². The minimum Gasteiger partial charge on any atom is -0.464 e. The molecule has 0 saturated heterocycles. The average molecular weight is 380 g/mol. The van der Waals surface area contributed by atoms with Crippen molar-refractivity contribution in [2.45, 2.75) is 29.9 Å². The Morgan fingerprint density at radius 3 is 3.04 bits per heavy atom. The van der Waals surface area contributed by atoms with Crippen molar-refractivity contribution in [1.82, 2.24) is 9.97 Å². The van der Waals surface area contributed by atoms with Crippen LogP contribution in [0.15, 0.2) is 56.1 Å². The van der Waals surface area contributed by atoms with Crippen LogP contribution in [-0.2, 0) is 18.6 Å². The van der Waals surface area contributed by atoms with Crippen LogP contribution in [0.2, 0.25) is 0 Å². The first-order chi connectivity index (χ1) is 12.8. The summed E-state index contributed by atoms with van der Waals surface area (Å²) in [5.74, 6) is 2.06. The normalized spacial score (nSPS) is 13.4. The van der Waals surface area contributed by atoms with E-state index in [9.17, 15) is 4.79 Å². The first-order valence-corrected chi connectivity index (χ1v) is 10.4. The van der Waals surface area contributed by atoms with Crippen molar-refractivity contribution in [1.29, 1.82) is 0 Å². The van der Waals surface area contributed by atoms with Crippen LogP contribution in [0.1, 0.15) is 23.4 Å². The van der Waals surface area contributed by atoms with E-state index in [4.69, 9.17) is 4.42 Å². The van der Waals surface area contributed by atoms with Crippen LogP contribution >= 0.6 is 23.1 Å². The second kappa shape index (κ2) is 6.45. The number of thioether (sulfide) groups is 1. The van der Waals surface area contributed by atoms with Gasteiger partial charge in [0.25, 0.3) is 5.56 Å². The lowest BCUT2D eigenvalue weighted by molar-refractivity contribution is 0.583. The molecule has 0 aliphatic heterocycles. The Morgan fingerprint density at radius 1 is 1.23 bits per heavy atom. The minimum atomic E-state index is -0.104. The fourth-order valence-corrected chi connectivity index (χ4v) is 5.24. The molecule has 26 heavy (non-hydrogen) atoms. The van der Waals surface area contributed by atoms with Gasteiger partial charge in [-0.25, -0.2) is 4.98 Å². The van der Waals surface area contributed by atoms with E-state index in [1.165, 1.54) is 46.6 Å². The molecule has 0 unspecified atom stereocenters. The van der Waals surface area contributed by atoms with E-state index in [0.717, 1.165) is 10.4 Å². The highest BCUT2D eigenvalue weighted by atomic mass is 32.2. The van der Waals surface area contributed by atoms with Crippen molar-refractivity contribution < 1.29 is 4.42 Å². The molecule has 1 aliphatic rings. The number of aryl methyl sites for hydroxylation is 2. The first kappa shape index (κ1) is 15.9. The topological polar surface area (TPSA) is 58.9 Å². The third-order valence-corrected chi connectivity index (χ3v) is 6.60. The van der Waals surface area contributed by atoms with Crippen molar-refractivity contribution in [3.8, 4) is 11.3 Å². The zero-order valence-electron chi connectivity index (χ0n) is 14.0. The van der Waals surface area contributed by atoms with Gasteiger partial charge in [0.15, 0.2) is 0 Å². The van der Waals surface area contributed by atoms with Gasteiger partial charge in [-0.1, -0.05) is 6.07 Å². The van der Waals surface area contributed by atoms with Gasteiger partial charge in [-0.3, -0.25) is 4.79 Å². The largest absolute Gasteiger partial charge is 0.464 e. The number of thiophene rings is 1. The number of furan rings is 1. The van der Waals surface area contributed by atoms with Gasteiger partial charge in [0, 0.05) is 15.8 Å². The monoisotopic (exact) mass is 380 g/mol. The molecule has 3 heterocycles. The van der Waals surface area contributed by atoms with E-state index in [1.807, 2.05) is 17.5 Å². The molecule has 1 aliphatic carbocycles. The van der Waals surface area contributed by atoms with Crippen molar-refractivity contribution in [2.24, 2.45) is 0 Å². The molecule has 6 heteroatoms. The second-order valence-corrected chi connectivity index (χ2v) is 8.30. The number of fused-ring (bicyclic) bond motifs is 2. The maximum absolute atomic E-state index is 12.6. The van der Waals surface area contributed by atoms with E-state index in [-0.39, 0.29) is 5.56 Å². The molecular formula is C20H16N2O2S2. The van der Waals surface area contributed by atoms with Crippen molar-refractivity contribution in [2.75, 3.05) is 0 Å². The van der Waals surface area contributed by atoms with Crippen LogP contribution in [0.25, 0.3) is 21.5 Å². The molecule has 0 amide bonds. The molecule has 0 fully saturated rings. The predicted octanol–water partition coefficient (Wildman–Crippen LogP) is 5.03. The number of aromatic nitrogens is 2. The van der Waals surface area contributed by atoms with Crippen molar-refractivity contribution in [3.63, 3.8) is 0 Å². The summed E-state index contributed by atoms with van der Waals surface area (Å²) in [5, 5.41) is 2.54. The number of rotatable bonds is 4. The third-order valence-electron chi connectivity index (χ3n) is 4.73. The lowest BCUT2D eigenvalue weighted by Gasteiger charge is -2.05. The molecule has 5 rings (SSSR count). The number of H-pyrrole nitrogens is 1. The summed E-state index contributed by atoms with van der Waals surface area (Å²) in [4.78, 5) is 22.2. The molecule has 1 aromatic carbocycles. The Bertz CT molecular complexity index is 1140. The highest BCUT2D eigenvalue weighted by molar-refractivity contribution is 7.98. The van der Waals surface area contributed by atoms with Gasteiger partial charge in [0.2, 0.25) is 0 Å². The number of nitrogens with zero attached hydrogens (tertiary/aromatic N) is 1. The summed E-state index contributed by atoms with van der Waals surface area (Å²) < 4.78 is 5.44. The number of hydrogen-bond acceptors (Lipinski definition) is 5. The van der Waals surface area contributed by atoms with Gasteiger partial charge in [-0.15, -0.1) is 23.1 Å². The summed E-state index contributed by atoms with van der Waals surface area (Å²) >= 11 is 3.19. The van der Waals surface area contributed by atoms with Crippen LogP contribution in [-0.4, -0.2) is 9.97 Å². The molecule has 4 aromatic rings. The lowest BCUT2D eigenvalue weighted by atomic mass is 10.1. The van der Waals surface area contributed by atoms with Gasteiger partial charge in [0.1, 0.15) is 16.4 Å². The Hall–Kier alpha value is -2.31. The van der Waals surface area contributed by atoms with Crippen molar-refractivity contribution >= 4 is 33.3 Å². The summed E-state index contributed by atoms with van der Waals surface area (Å²) in [6.45, 7) is 0. The predicted molar refractivity (Wildman–Crippen MR) is 106 cm³/mol. The highest BCUT2D eigenvalue weighted by Crippen LogP contribution is 2.32. The summed E-state index contributed by atoms with van der Waals surface area (Å²) in [6, 6.07) is 10.4. The fraction of sp³-hybridized carbons (Fsp3) is 0.200. The average Bonchev–Trinajstić information content (AvgIpc) is 3.38. The Balaban J connectivity index is 1.42. The molecule has 0 saturated carbocycles. The van der Waals surface area contributed by atoms with Gasteiger partial charge in [-0.2, -0.15) is 0 Å². The second-order valence-electron chi connectivity index (χ2n) is 6.39. The zero-order valence-corrected chi connectivity index (χ0v) is 15.6. The fourth-order valence-electron chi connectivity index (χ4n) is 3.46. The summed E-state index contributed by atoms with van der Waals surface area (Å²) in [5.41, 5.74) is 3.65. The van der Waals surface area contributed by atoms with E-state index >= 15 is 0 Å². The van der Waals surface area contributed by atoms with Gasteiger partial charge in [-0.05, 0) is 54.7 Å². The SMILES string of the molecule is O=c1[nH]c(CSc2ccc3c(c2)CCC3)nc2scc(-c3ccco3)c12. The van der Waals surface area contributed by atoms with Gasteiger partial charge >= 0.3 is 0 Å². The van der Waals surface area contributed by atoms with Crippen molar-refractivity contribution in [3.05, 3.63) is 69.3 Å². The maximum atomic E-state index is 12.6. The summed E-state index contributed by atoms with van der Waals surface area (Å²) in [7, 11) is 0. The molecule has 130 valence electrons. The highest BCUT2D eigenvalue weighted by Gasteiger charge is 2.15. The summed E-state index contributed by atoms with van der Waals surface area (Å²) in [6.07, 6.45) is 5.24. The standard InChI is InChI=1S/C20H16N2O2S2/c23-19-18-15(16-5-2-8-24-16)10-26-20(18)22-17(21-19)11-25-14-7-6-12-3-1-4-13(12)9-14/h2,5-10H,1,3-4,11H2,(H,21,22,23). The Morgan fingerprint density at radius 2 is 2.15 bits per heavy atom. The molecule has 0 spiro atoms. The number of nitrogens with one attached hydrogen (secondary N) is 1.